The van der Waals surface area contributed by atoms with Crippen molar-refractivity contribution in [3.8, 4) is 0 Å². The number of amides is 2. The Bertz CT molecular complexity index is 808. The van der Waals surface area contributed by atoms with Crippen LogP contribution in [0.3, 0.4) is 0 Å². The first kappa shape index (κ1) is 16.3. The Morgan fingerprint density at radius 1 is 1.27 bits per heavy atom. The zero-order valence-electron chi connectivity index (χ0n) is 12.0. The van der Waals surface area contributed by atoms with Gasteiger partial charge in [0.15, 0.2) is 0 Å². The Balaban J connectivity index is 0.00000176. The maximum absolute atomic E-state index is 12.4. The molecule has 0 saturated carbocycles. The fraction of sp³-hybridized carbons (Fsp3) is 0.357. The highest BCUT2D eigenvalue weighted by Crippen LogP contribution is 2.23. The van der Waals surface area contributed by atoms with Crippen LogP contribution in [0.2, 0.25) is 0 Å². The summed E-state index contributed by atoms with van der Waals surface area (Å²) < 4.78 is 2.95. The van der Waals surface area contributed by atoms with Crippen molar-refractivity contribution in [3.05, 3.63) is 34.2 Å². The highest BCUT2D eigenvalue weighted by molar-refractivity contribution is 6.00. The fourth-order valence-corrected chi connectivity index (χ4v) is 2.77. The van der Waals surface area contributed by atoms with Crippen LogP contribution in [0, 0.1) is 0 Å². The van der Waals surface area contributed by atoms with Gasteiger partial charge in [0.25, 0.3) is 0 Å². The van der Waals surface area contributed by atoms with Gasteiger partial charge in [-0.25, -0.2) is 4.79 Å². The van der Waals surface area contributed by atoms with Crippen LogP contribution in [-0.2, 0) is 23.2 Å². The van der Waals surface area contributed by atoms with E-state index in [4.69, 9.17) is 5.73 Å². The number of hydrogen-bond donors (Lipinski definition) is 2. The van der Waals surface area contributed by atoms with Crippen molar-refractivity contribution in [2.24, 2.45) is 12.8 Å². The molecule has 1 fully saturated rings. The zero-order valence-corrected chi connectivity index (χ0v) is 12.9. The van der Waals surface area contributed by atoms with Gasteiger partial charge >= 0.3 is 5.69 Å². The molecule has 2 amide bonds. The summed E-state index contributed by atoms with van der Waals surface area (Å²) in [5.41, 5.74) is 7.67. The summed E-state index contributed by atoms with van der Waals surface area (Å²) in [5, 5.41) is 2.28. The zero-order chi connectivity index (χ0) is 15.1. The lowest BCUT2D eigenvalue weighted by molar-refractivity contribution is -0.135. The molecular weight excluding hydrogens is 308 g/mol. The molecule has 2 heterocycles. The summed E-state index contributed by atoms with van der Waals surface area (Å²) in [4.78, 5) is 35.7. The van der Waals surface area contributed by atoms with E-state index in [2.05, 4.69) is 5.32 Å². The average Bonchev–Trinajstić information content (AvgIpc) is 2.71. The molecule has 1 aliphatic heterocycles. The number of nitrogens with two attached hydrogens (primary N) is 1. The summed E-state index contributed by atoms with van der Waals surface area (Å²) in [6, 6.07) is 4.83. The third-order valence-electron chi connectivity index (χ3n) is 3.91. The van der Waals surface area contributed by atoms with E-state index in [1.165, 1.54) is 9.13 Å². The number of imide groups is 1. The number of rotatable bonds is 2. The first-order valence-corrected chi connectivity index (χ1v) is 6.76. The Hall–Kier alpha value is -2.12. The number of aromatic nitrogens is 2. The van der Waals surface area contributed by atoms with Crippen molar-refractivity contribution in [1.29, 1.82) is 0 Å². The summed E-state index contributed by atoms with van der Waals surface area (Å²) in [5.74, 6) is -0.723. The number of carbonyl (C=O) groups excluding carboxylic acids is 2. The first-order chi connectivity index (χ1) is 10.0. The molecule has 22 heavy (non-hydrogen) atoms. The maximum atomic E-state index is 12.4. The van der Waals surface area contributed by atoms with E-state index in [9.17, 15) is 14.4 Å². The Morgan fingerprint density at radius 3 is 2.64 bits per heavy atom. The standard InChI is InChI=1S/C14H16N4O3.ClH/c1-17-11-6-8(7-15)2-3-9(11)18(14(17)21)10-4-5-12(19)16-13(10)20;/h2-3,6,10H,4-5,7,15H2,1H3,(H,16,19,20);1H. The predicted molar refractivity (Wildman–Crippen MR) is 83.7 cm³/mol. The van der Waals surface area contributed by atoms with E-state index in [0.29, 0.717) is 18.5 Å². The lowest BCUT2D eigenvalue weighted by atomic mass is 10.1. The minimum Gasteiger partial charge on any atom is -0.326 e. The van der Waals surface area contributed by atoms with E-state index in [0.717, 1.165) is 11.1 Å². The number of benzene rings is 1. The van der Waals surface area contributed by atoms with Gasteiger partial charge in [0.1, 0.15) is 6.04 Å². The first-order valence-electron chi connectivity index (χ1n) is 6.76. The van der Waals surface area contributed by atoms with Crippen molar-refractivity contribution >= 4 is 35.3 Å². The number of nitrogens with one attached hydrogen (secondary N) is 1. The third kappa shape index (κ3) is 2.42. The van der Waals surface area contributed by atoms with E-state index >= 15 is 0 Å². The van der Waals surface area contributed by atoms with E-state index < -0.39 is 11.9 Å². The van der Waals surface area contributed by atoms with Crippen molar-refractivity contribution < 1.29 is 9.59 Å². The molecular formula is C14H17ClN4O3. The van der Waals surface area contributed by atoms with Gasteiger partial charge in [0.2, 0.25) is 11.8 Å². The molecule has 1 atom stereocenters. The van der Waals surface area contributed by atoms with Crippen LogP contribution in [0.1, 0.15) is 24.4 Å². The number of fused-ring (bicyclic) bond motifs is 1. The lowest BCUT2D eigenvalue weighted by Gasteiger charge is -2.21. The smallest absolute Gasteiger partial charge is 0.326 e. The van der Waals surface area contributed by atoms with Crippen LogP contribution in [0.25, 0.3) is 11.0 Å². The average molecular weight is 325 g/mol. The van der Waals surface area contributed by atoms with Crippen molar-refractivity contribution in [2.75, 3.05) is 0 Å². The molecule has 0 radical (unpaired) electrons. The van der Waals surface area contributed by atoms with Gasteiger partial charge in [-0.2, -0.15) is 0 Å². The molecule has 1 aromatic carbocycles. The Kier molecular flexibility index (Phi) is 4.39. The van der Waals surface area contributed by atoms with Crippen molar-refractivity contribution in [1.82, 2.24) is 14.5 Å². The maximum Gasteiger partial charge on any atom is 0.329 e. The van der Waals surface area contributed by atoms with E-state index in [1.807, 2.05) is 12.1 Å². The molecule has 3 rings (SSSR count). The van der Waals surface area contributed by atoms with Crippen LogP contribution in [0.4, 0.5) is 0 Å². The third-order valence-corrected chi connectivity index (χ3v) is 3.91. The second-order valence-corrected chi connectivity index (χ2v) is 5.21. The lowest BCUT2D eigenvalue weighted by Crippen LogP contribution is -2.44. The fourth-order valence-electron chi connectivity index (χ4n) is 2.77. The minimum absolute atomic E-state index is 0. The summed E-state index contributed by atoms with van der Waals surface area (Å²) >= 11 is 0. The van der Waals surface area contributed by atoms with Crippen LogP contribution >= 0.6 is 12.4 Å². The van der Waals surface area contributed by atoms with Gasteiger partial charge in [0.05, 0.1) is 11.0 Å². The second kappa shape index (κ2) is 5.94. The number of piperidine rings is 1. The number of aryl methyl sites for hydroxylation is 1. The van der Waals surface area contributed by atoms with Crippen LogP contribution in [-0.4, -0.2) is 20.9 Å². The molecule has 7 nitrogen and oxygen atoms in total. The van der Waals surface area contributed by atoms with E-state index in [-0.39, 0.29) is 30.4 Å². The molecule has 118 valence electrons. The highest BCUT2D eigenvalue weighted by atomic mass is 35.5. The molecule has 1 aromatic heterocycles. The number of hydrogen-bond acceptors (Lipinski definition) is 4. The molecule has 8 heteroatoms. The van der Waals surface area contributed by atoms with Crippen molar-refractivity contribution in [3.63, 3.8) is 0 Å². The van der Waals surface area contributed by atoms with Gasteiger partial charge in [-0.05, 0) is 24.1 Å². The molecule has 0 aliphatic carbocycles. The molecule has 1 saturated heterocycles. The molecule has 1 unspecified atom stereocenters. The number of carbonyl (C=O) groups is 2. The van der Waals surface area contributed by atoms with Gasteiger partial charge in [0, 0.05) is 20.0 Å². The predicted octanol–water partition coefficient (Wildman–Crippen LogP) is 0.198. The minimum atomic E-state index is -0.650. The van der Waals surface area contributed by atoms with Crippen molar-refractivity contribution in [2.45, 2.75) is 25.4 Å². The monoisotopic (exact) mass is 324 g/mol. The summed E-state index contributed by atoms with van der Waals surface area (Å²) in [6.45, 7) is 0.383. The highest BCUT2D eigenvalue weighted by Gasteiger charge is 2.31. The number of imidazole rings is 1. The quantitative estimate of drug-likeness (QED) is 0.771. The number of nitrogens with zero attached hydrogens (tertiary/aromatic N) is 2. The molecule has 0 spiro atoms. The van der Waals surface area contributed by atoms with Gasteiger partial charge in [-0.3, -0.25) is 24.0 Å². The van der Waals surface area contributed by atoms with E-state index in [1.54, 1.807) is 13.1 Å². The van der Waals surface area contributed by atoms with Gasteiger partial charge < -0.3 is 5.73 Å². The summed E-state index contributed by atoms with van der Waals surface area (Å²) in [7, 11) is 1.66. The van der Waals surface area contributed by atoms with Crippen LogP contribution < -0.4 is 16.7 Å². The number of halogens is 1. The second-order valence-electron chi connectivity index (χ2n) is 5.21. The van der Waals surface area contributed by atoms with Gasteiger partial charge in [-0.15, -0.1) is 12.4 Å². The Labute approximate surface area is 132 Å². The van der Waals surface area contributed by atoms with Crippen LogP contribution in [0.15, 0.2) is 23.0 Å². The van der Waals surface area contributed by atoms with Gasteiger partial charge in [-0.1, -0.05) is 6.07 Å². The van der Waals surface area contributed by atoms with Crippen LogP contribution in [0.5, 0.6) is 0 Å². The normalized spacial score (nSPS) is 18.2. The topological polar surface area (TPSA) is 99.1 Å². The molecule has 0 bridgehead atoms. The molecule has 2 aromatic rings. The Morgan fingerprint density at radius 2 is 2.00 bits per heavy atom. The molecule has 1 aliphatic rings. The SMILES string of the molecule is Cl.Cn1c(=O)n(C2CCC(=O)NC2=O)c2ccc(CN)cc21. The largest absolute Gasteiger partial charge is 0.329 e. The molecule has 3 N–H and O–H groups in total. The summed E-state index contributed by atoms with van der Waals surface area (Å²) in [6.07, 6.45) is 0.572.